The van der Waals surface area contributed by atoms with Crippen molar-refractivity contribution < 1.29 is 14.3 Å². The number of furan rings is 1. The predicted molar refractivity (Wildman–Crippen MR) is 119 cm³/mol. The number of rotatable bonds is 5. The van der Waals surface area contributed by atoms with Crippen LogP contribution in [0.3, 0.4) is 0 Å². The van der Waals surface area contributed by atoms with E-state index < -0.39 is 0 Å². The Morgan fingerprint density at radius 2 is 1.82 bits per heavy atom. The number of carbonyl (C=O) groups excluding carboxylic acids is 1. The van der Waals surface area contributed by atoms with E-state index in [4.69, 9.17) is 4.42 Å². The number of phenols is 1. The number of aromatic hydroxyl groups is 1. The number of halogens is 1. The van der Waals surface area contributed by atoms with Gasteiger partial charge in [0.15, 0.2) is 11.7 Å². The summed E-state index contributed by atoms with van der Waals surface area (Å²) in [6.45, 7) is 3.59. The third-order valence-electron chi connectivity index (χ3n) is 4.67. The summed E-state index contributed by atoms with van der Waals surface area (Å²) in [5, 5.41) is 12.7. The van der Waals surface area contributed by atoms with Gasteiger partial charge in [0.25, 0.3) is 5.91 Å². The van der Waals surface area contributed by atoms with Gasteiger partial charge in [0.1, 0.15) is 5.75 Å². The Balaban J connectivity index is 0.00000280. The Hall–Kier alpha value is -2.23. The molecule has 2 N–H and O–H groups in total. The zero-order valence-corrected chi connectivity index (χ0v) is 18.3. The van der Waals surface area contributed by atoms with Crippen LogP contribution in [0.2, 0.25) is 0 Å². The van der Waals surface area contributed by atoms with Gasteiger partial charge in [0, 0.05) is 39.8 Å². The molecule has 1 aliphatic rings. The Bertz CT molecular complexity index is 754. The molecule has 2 aromatic rings. The fourth-order valence-electron chi connectivity index (χ4n) is 3.17. The number of nitrogens with one attached hydrogen (secondary N) is 1. The van der Waals surface area contributed by atoms with E-state index in [0.29, 0.717) is 24.6 Å². The second-order valence-electron chi connectivity index (χ2n) is 6.50. The molecule has 1 aliphatic heterocycles. The van der Waals surface area contributed by atoms with Crippen LogP contribution in [-0.2, 0) is 6.42 Å². The lowest BCUT2D eigenvalue weighted by Gasteiger charge is -2.36. The number of guanidine groups is 1. The lowest BCUT2D eigenvalue weighted by molar-refractivity contribution is 0.0658. The first-order chi connectivity index (χ1) is 13.2. The number of carbonyl (C=O) groups is 1. The Labute approximate surface area is 182 Å². The molecule has 1 fully saturated rings. The van der Waals surface area contributed by atoms with Crippen molar-refractivity contribution in [3.8, 4) is 5.75 Å². The van der Waals surface area contributed by atoms with Crippen LogP contribution in [0, 0.1) is 0 Å². The molecule has 3 rings (SSSR count). The quantitative estimate of drug-likeness (QED) is 0.287. The van der Waals surface area contributed by atoms with Gasteiger partial charge >= 0.3 is 0 Å². The van der Waals surface area contributed by atoms with E-state index in [-0.39, 0.29) is 29.9 Å². The minimum atomic E-state index is -0.0588. The van der Waals surface area contributed by atoms with E-state index in [2.05, 4.69) is 15.2 Å². The average Bonchev–Trinajstić information content (AvgIpc) is 3.24. The van der Waals surface area contributed by atoms with Crippen molar-refractivity contribution >= 4 is 35.8 Å². The lowest BCUT2D eigenvalue weighted by Crippen LogP contribution is -2.53. The van der Waals surface area contributed by atoms with Crippen molar-refractivity contribution in [3.05, 3.63) is 54.0 Å². The first kappa shape index (κ1) is 22.1. The Kier molecular flexibility index (Phi) is 8.62. The summed E-state index contributed by atoms with van der Waals surface area (Å²) in [5.41, 5.74) is 1.20. The van der Waals surface area contributed by atoms with Gasteiger partial charge in [-0.1, -0.05) is 12.1 Å². The number of hydrogen-bond acceptors (Lipinski definition) is 4. The van der Waals surface area contributed by atoms with Gasteiger partial charge in [-0.05, 0) is 42.7 Å². The summed E-state index contributed by atoms with van der Waals surface area (Å²) in [5.74, 6) is 1.49. The van der Waals surface area contributed by atoms with Crippen molar-refractivity contribution in [1.29, 1.82) is 0 Å². The minimum Gasteiger partial charge on any atom is -0.508 e. The standard InChI is InChI=1S/C20H26N4O3.HI/c1-21-20(22-10-2-4-16-6-8-17(25)9-7-16)24-13-11-23(12-14-24)19(26)18-5-3-15-27-18;/h3,5-9,15,25H,2,4,10-14H2,1H3,(H,21,22);1H. The zero-order valence-electron chi connectivity index (χ0n) is 16.0. The number of phenolic OH excluding ortho intramolecular Hbond substituents is 1. The zero-order chi connectivity index (χ0) is 19.1. The highest BCUT2D eigenvalue weighted by atomic mass is 127. The summed E-state index contributed by atoms with van der Waals surface area (Å²) in [6.07, 6.45) is 3.43. The number of hydrogen-bond donors (Lipinski definition) is 2. The second kappa shape index (κ2) is 10.9. The van der Waals surface area contributed by atoms with Crippen LogP contribution in [-0.4, -0.2) is 66.5 Å². The SMILES string of the molecule is CN=C(NCCCc1ccc(O)cc1)N1CCN(C(=O)c2ccco2)CC1.I. The molecule has 1 aromatic heterocycles. The van der Waals surface area contributed by atoms with E-state index in [0.717, 1.165) is 38.4 Å². The molecular weight excluding hydrogens is 471 g/mol. The van der Waals surface area contributed by atoms with Gasteiger partial charge in [0.2, 0.25) is 0 Å². The summed E-state index contributed by atoms with van der Waals surface area (Å²) in [7, 11) is 1.78. The first-order valence-corrected chi connectivity index (χ1v) is 9.23. The number of nitrogens with zero attached hydrogens (tertiary/aromatic N) is 3. The highest BCUT2D eigenvalue weighted by Gasteiger charge is 2.24. The van der Waals surface area contributed by atoms with Crippen molar-refractivity contribution in [3.63, 3.8) is 0 Å². The van der Waals surface area contributed by atoms with Crippen LogP contribution in [0.25, 0.3) is 0 Å². The number of piperazine rings is 1. The molecule has 0 saturated carbocycles. The van der Waals surface area contributed by atoms with E-state index in [9.17, 15) is 9.90 Å². The van der Waals surface area contributed by atoms with Crippen molar-refractivity contribution in [2.75, 3.05) is 39.8 Å². The van der Waals surface area contributed by atoms with Gasteiger partial charge in [0.05, 0.1) is 6.26 Å². The maximum absolute atomic E-state index is 12.3. The molecule has 152 valence electrons. The molecular formula is C20H27IN4O3. The second-order valence-corrected chi connectivity index (χ2v) is 6.50. The fraction of sp³-hybridized carbons (Fsp3) is 0.400. The monoisotopic (exact) mass is 498 g/mol. The molecule has 2 heterocycles. The maximum Gasteiger partial charge on any atom is 0.289 e. The normalized spacial score (nSPS) is 14.5. The topological polar surface area (TPSA) is 81.3 Å². The number of amides is 1. The smallest absolute Gasteiger partial charge is 0.289 e. The molecule has 8 heteroatoms. The number of aliphatic imine (C=N–C) groups is 1. The molecule has 0 unspecified atom stereocenters. The number of aryl methyl sites for hydroxylation is 1. The van der Waals surface area contributed by atoms with Crippen LogP contribution < -0.4 is 5.32 Å². The van der Waals surface area contributed by atoms with Crippen molar-refractivity contribution in [1.82, 2.24) is 15.1 Å². The van der Waals surface area contributed by atoms with Crippen LogP contribution in [0.15, 0.2) is 52.1 Å². The van der Waals surface area contributed by atoms with E-state index in [1.807, 2.05) is 17.0 Å². The van der Waals surface area contributed by atoms with E-state index in [1.54, 1.807) is 31.3 Å². The van der Waals surface area contributed by atoms with Gasteiger partial charge in [-0.2, -0.15) is 0 Å². The third-order valence-corrected chi connectivity index (χ3v) is 4.67. The summed E-state index contributed by atoms with van der Waals surface area (Å²) < 4.78 is 5.20. The van der Waals surface area contributed by atoms with Crippen molar-refractivity contribution in [2.24, 2.45) is 4.99 Å². The summed E-state index contributed by atoms with van der Waals surface area (Å²) in [6, 6.07) is 10.7. The highest BCUT2D eigenvalue weighted by molar-refractivity contribution is 14.0. The van der Waals surface area contributed by atoms with Crippen LogP contribution in [0.1, 0.15) is 22.5 Å². The van der Waals surface area contributed by atoms with Gasteiger partial charge < -0.3 is 24.6 Å². The number of benzene rings is 1. The maximum atomic E-state index is 12.3. The van der Waals surface area contributed by atoms with Gasteiger partial charge in [-0.3, -0.25) is 9.79 Å². The molecule has 0 atom stereocenters. The van der Waals surface area contributed by atoms with E-state index in [1.165, 1.54) is 11.8 Å². The van der Waals surface area contributed by atoms with Crippen LogP contribution in [0.5, 0.6) is 5.75 Å². The Morgan fingerprint density at radius 3 is 2.43 bits per heavy atom. The molecule has 0 aliphatic carbocycles. The third kappa shape index (κ3) is 5.88. The minimum absolute atomic E-state index is 0. The average molecular weight is 498 g/mol. The highest BCUT2D eigenvalue weighted by Crippen LogP contribution is 2.11. The lowest BCUT2D eigenvalue weighted by atomic mass is 10.1. The molecule has 0 spiro atoms. The largest absolute Gasteiger partial charge is 0.508 e. The molecule has 1 amide bonds. The van der Waals surface area contributed by atoms with Crippen molar-refractivity contribution in [2.45, 2.75) is 12.8 Å². The van der Waals surface area contributed by atoms with Gasteiger partial charge in [-0.15, -0.1) is 24.0 Å². The molecule has 1 aromatic carbocycles. The van der Waals surface area contributed by atoms with Gasteiger partial charge in [-0.25, -0.2) is 0 Å². The first-order valence-electron chi connectivity index (χ1n) is 9.23. The molecule has 7 nitrogen and oxygen atoms in total. The fourth-order valence-corrected chi connectivity index (χ4v) is 3.17. The molecule has 0 radical (unpaired) electrons. The Morgan fingerprint density at radius 1 is 1.14 bits per heavy atom. The van der Waals surface area contributed by atoms with Crippen LogP contribution >= 0.6 is 24.0 Å². The molecule has 0 bridgehead atoms. The van der Waals surface area contributed by atoms with Crippen LogP contribution in [0.4, 0.5) is 0 Å². The molecule has 1 saturated heterocycles. The van der Waals surface area contributed by atoms with E-state index >= 15 is 0 Å². The summed E-state index contributed by atoms with van der Waals surface area (Å²) >= 11 is 0. The molecule has 28 heavy (non-hydrogen) atoms. The summed E-state index contributed by atoms with van der Waals surface area (Å²) in [4.78, 5) is 20.7. The predicted octanol–water partition coefficient (Wildman–Crippen LogP) is 2.57.